The summed E-state index contributed by atoms with van der Waals surface area (Å²) < 4.78 is 44.6. The van der Waals surface area contributed by atoms with Gasteiger partial charge in [-0.15, -0.1) is 0 Å². The van der Waals surface area contributed by atoms with Crippen LogP contribution >= 0.6 is 0 Å². The first kappa shape index (κ1) is 29.6. The van der Waals surface area contributed by atoms with Crippen LogP contribution in [0.15, 0.2) is 24.3 Å². The summed E-state index contributed by atoms with van der Waals surface area (Å²) in [7, 11) is 3.87. The van der Waals surface area contributed by atoms with Gasteiger partial charge in [0.15, 0.2) is 17.2 Å². The van der Waals surface area contributed by atoms with Gasteiger partial charge in [0, 0.05) is 6.42 Å². The third-order valence-electron chi connectivity index (χ3n) is 4.97. The average molecular weight is 495 g/mol. The average Bonchev–Trinajstić information content (AvgIpc) is 2.75. The lowest BCUT2D eigenvalue weighted by Gasteiger charge is -2.20. The molecule has 3 N–H and O–H groups in total. The number of ketones is 1. The third-order valence-corrected chi connectivity index (χ3v) is 4.97. The number of ether oxygens (including phenoxy) is 1. The number of rotatable bonds is 12. The van der Waals surface area contributed by atoms with E-state index in [4.69, 9.17) is 10.5 Å². The highest BCUT2D eigenvalue weighted by atomic mass is 19.4. The van der Waals surface area contributed by atoms with Crippen molar-refractivity contribution in [3.8, 4) is 11.9 Å². The zero-order valence-electron chi connectivity index (χ0n) is 19.4. The second-order valence-corrected chi connectivity index (χ2v) is 7.99. The molecular weight excluding hydrogens is 461 g/mol. The number of nitrogen functional groups attached to an aromatic ring is 1. The standard InChI is InChI=1S/C23H29F3N6O2.CH4/c1-4-34-21-17(14-27)20(30-22(28)31-21)29-18(10-5-6-11-32(2)3)19(33)13-15-8-7-9-16(12-15)23(24,25)26;/h7-9,12,18H,4-6,10-11,13H2,1-3H3,(H3,28,29,30,31);1H4/t18-;/m0./s1. The van der Waals surface area contributed by atoms with E-state index in [0.717, 1.165) is 25.1 Å². The van der Waals surface area contributed by atoms with E-state index in [0.29, 0.717) is 12.8 Å². The van der Waals surface area contributed by atoms with Gasteiger partial charge >= 0.3 is 6.18 Å². The van der Waals surface area contributed by atoms with Gasteiger partial charge in [0.2, 0.25) is 11.8 Å². The first-order chi connectivity index (χ1) is 16.0. The predicted molar refractivity (Wildman–Crippen MR) is 129 cm³/mol. The molecule has 1 atom stereocenters. The number of nitrogens with one attached hydrogen (secondary N) is 1. The molecule has 192 valence electrons. The number of benzene rings is 1. The summed E-state index contributed by atoms with van der Waals surface area (Å²) in [5.74, 6) is -0.421. The minimum Gasteiger partial charge on any atom is -0.477 e. The maximum atomic E-state index is 13.2. The van der Waals surface area contributed by atoms with Crippen molar-refractivity contribution >= 4 is 17.5 Å². The topological polar surface area (TPSA) is 117 Å². The van der Waals surface area contributed by atoms with E-state index in [9.17, 15) is 23.2 Å². The number of unbranched alkanes of at least 4 members (excludes halogenated alkanes) is 1. The Morgan fingerprint density at radius 3 is 2.60 bits per heavy atom. The maximum absolute atomic E-state index is 13.2. The molecule has 0 radical (unpaired) electrons. The molecular formula is C24H33F3N6O2. The van der Waals surface area contributed by atoms with Crippen LogP contribution in [0.1, 0.15) is 50.3 Å². The van der Waals surface area contributed by atoms with Crippen molar-refractivity contribution < 1.29 is 22.7 Å². The molecule has 0 aliphatic rings. The van der Waals surface area contributed by atoms with E-state index in [1.165, 1.54) is 12.1 Å². The normalized spacial score (nSPS) is 11.9. The second-order valence-electron chi connectivity index (χ2n) is 7.99. The molecule has 2 rings (SSSR count). The van der Waals surface area contributed by atoms with Gasteiger partial charge in [0.1, 0.15) is 6.07 Å². The lowest BCUT2D eigenvalue weighted by atomic mass is 9.98. The highest BCUT2D eigenvalue weighted by Crippen LogP contribution is 2.30. The molecule has 0 aliphatic heterocycles. The molecule has 1 aromatic carbocycles. The van der Waals surface area contributed by atoms with Crippen LogP contribution in [0.25, 0.3) is 0 Å². The number of hydrogen-bond acceptors (Lipinski definition) is 8. The first-order valence-electron chi connectivity index (χ1n) is 10.9. The number of Topliss-reactive ketones (excluding diaryl/α,β-unsaturated/α-hetero) is 1. The fourth-order valence-electron chi connectivity index (χ4n) is 3.34. The Bertz CT molecular complexity index is 1020. The van der Waals surface area contributed by atoms with Gasteiger partial charge in [-0.1, -0.05) is 25.6 Å². The van der Waals surface area contributed by atoms with Gasteiger partial charge < -0.3 is 20.7 Å². The molecule has 0 aliphatic carbocycles. The Morgan fingerprint density at radius 2 is 2.00 bits per heavy atom. The van der Waals surface area contributed by atoms with Gasteiger partial charge in [0.25, 0.3) is 0 Å². The van der Waals surface area contributed by atoms with Crippen LogP contribution in [0.5, 0.6) is 5.88 Å². The van der Waals surface area contributed by atoms with E-state index in [-0.39, 0.29) is 55.0 Å². The highest BCUT2D eigenvalue weighted by molar-refractivity contribution is 5.88. The van der Waals surface area contributed by atoms with Crippen molar-refractivity contribution in [2.45, 2.75) is 52.3 Å². The minimum atomic E-state index is -4.50. The SMILES string of the molecule is C.CCOc1nc(N)nc(N[C@@H](CCCCN(C)C)C(=O)Cc2cccc(C(F)(F)F)c2)c1C#N. The summed E-state index contributed by atoms with van der Waals surface area (Å²) in [6.07, 6.45) is -2.84. The Kier molecular flexibility index (Phi) is 11.4. The van der Waals surface area contributed by atoms with E-state index in [1.54, 1.807) is 6.92 Å². The Hall–Kier alpha value is -3.39. The lowest BCUT2D eigenvalue weighted by molar-refractivity contribution is -0.137. The smallest absolute Gasteiger partial charge is 0.416 e. The van der Waals surface area contributed by atoms with E-state index < -0.39 is 17.8 Å². The van der Waals surface area contributed by atoms with Crippen LogP contribution in [0.2, 0.25) is 0 Å². The summed E-state index contributed by atoms with van der Waals surface area (Å²) in [5.41, 5.74) is 5.19. The number of carbonyl (C=O) groups excluding carboxylic acids is 1. The monoisotopic (exact) mass is 494 g/mol. The van der Waals surface area contributed by atoms with Crippen molar-refractivity contribution in [3.05, 3.63) is 41.0 Å². The second kappa shape index (κ2) is 13.5. The number of nitriles is 1. The van der Waals surface area contributed by atoms with Crippen LogP contribution in [0.4, 0.5) is 24.9 Å². The van der Waals surface area contributed by atoms with Gasteiger partial charge in [-0.05, 0) is 58.5 Å². The molecule has 2 aromatic rings. The number of halogens is 3. The molecule has 35 heavy (non-hydrogen) atoms. The fraction of sp³-hybridized carbons (Fsp3) is 0.500. The number of aromatic nitrogens is 2. The molecule has 1 heterocycles. The van der Waals surface area contributed by atoms with Crippen molar-refractivity contribution in [2.75, 3.05) is 38.3 Å². The highest BCUT2D eigenvalue weighted by Gasteiger charge is 2.31. The van der Waals surface area contributed by atoms with Crippen LogP contribution in [-0.2, 0) is 17.4 Å². The number of nitrogens with two attached hydrogens (primary N) is 1. The number of nitrogens with zero attached hydrogens (tertiary/aromatic N) is 4. The fourth-order valence-corrected chi connectivity index (χ4v) is 3.34. The van der Waals surface area contributed by atoms with Crippen LogP contribution < -0.4 is 15.8 Å². The number of carbonyl (C=O) groups is 1. The summed E-state index contributed by atoms with van der Waals surface area (Å²) in [5, 5.41) is 12.6. The lowest BCUT2D eigenvalue weighted by Crippen LogP contribution is -2.32. The van der Waals surface area contributed by atoms with Crippen molar-refractivity contribution in [1.82, 2.24) is 14.9 Å². The molecule has 0 fully saturated rings. The summed E-state index contributed by atoms with van der Waals surface area (Å²) in [4.78, 5) is 23.2. The van der Waals surface area contributed by atoms with Gasteiger partial charge in [0.05, 0.1) is 18.2 Å². The maximum Gasteiger partial charge on any atom is 0.416 e. The molecule has 8 nitrogen and oxygen atoms in total. The summed E-state index contributed by atoms with van der Waals surface area (Å²) in [6, 6.07) is 5.85. The molecule has 0 bridgehead atoms. The molecule has 0 saturated carbocycles. The minimum absolute atomic E-state index is 0. The van der Waals surface area contributed by atoms with E-state index in [2.05, 4.69) is 15.3 Å². The zero-order chi connectivity index (χ0) is 25.3. The molecule has 0 spiro atoms. The molecule has 11 heteroatoms. The molecule has 0 unspecified atom stereocenters. The van der Waals surface area contributed by atoms with Gasteiger partial charge in [-0.2, -0.15) is 28.4 Å². The Morgan fingerprint density at radius 1 is 1.29 bits per heavy atom. The number of alkyl halides is 3. The van der Waals surface area contributed by atoms with Crippen molar-refractivity contribution in [1.29, 1.82) is 5.26 Å². The van der Waals surface area contributed by atoms with Gasteiger partial charge in [-0.3, -0.25) is 4.79 Å². The quantitative estimate of drug-likeness (QED) is 0.419. The first-order valence-corrected chi connectivity index (χ1v) is 10.9. The number of hydrogen-bond donors (Lipinski definition) is 2. The Balaban J connectivity index is 0.00000612. The zero-order valence-corrected chi connectivity index (χ0v) is 19.4. The van der Waals surface area contributed by atoms with Crippen molar-refractivity contribution in [3.63, 3.8) is 0 Å². The largest absolute Gasteiger partial charge is 0.477 e. The van der Waals surface area contributed by atoms with Crippen molar-refractivity contribution in [2.24, 2.45) is 0 Å². The van der Waals surface area contributed by atoms with E-state index >= 15 is 0 Å². The van der Waals surface area contributed by atoms with Gasteiger partial charge in [-0.25, -0.2) is 0 Å². The summed E-state index contributed by atoms with van der Waals surface area (Å²) in [6.45, 7) is 2.78. The Labute approximate surface area is 204 Å². The van der Waals surface area contributed by atoms with E-state index in [1.807, 2.05) is 25.1 Å². The number of anilines is 2. The van der Waals surface area contributed by atoms with Crippen LogP contribution in [-0.4, -0.2) is 53.9 Å². The molecule has 0 amide bonds. The van der Waals surface area contributed by atoms with Crippen LogP contribution in [0.3, 0.4) is 0 Å². The molecule has 0 saturated heterocycles. The van der Waals surface area contributed by atoms with Crippen LogP contribution in [0, 0.1) is 11.3 Å². The summed E-state index contributed by atoms with van der Waals surface area (Å²) >= 11 is 0. The molecule has 1 aromatic heterocycles. The predicted octanol–water partition coefficient (Wildman–Crippen LogP) is 4.31. The third kappa shape index (κ3) is 9.05.